The van der Waals surface area contributed by atoms with Crippen molar-refractivity contribution in [2.75, 3.05) is 12.3 Å². The summed E-state index contributed by atoms with van der Waals surface area (Å²) in [6.07, 6.45) is 1.05. The molecule has 1 aromatic heterocycles. The molecule has 2 heterocycles. The summed E-state index contributed by atoms with van der Waals surface area (Å²) in [5.74, 6) is 1.32. The molecule has 14 heavy (non-hydrogen) atoms. The number of aromatic nitrogens is 2. The SMILES string of the molecule is CC(C)Cn1nc(N)c2c1CCNC2. The zero-order valence-electron chi connectivity index (χ0n) is 8.88. The number of fused-ring (bicyclic) bond motifs is 1. The van der Waals surface area contributed by atoms with Crippen LogP contribution in [0.4, 0.5) is 5.82 Å². The van der Waals surface area contributed by atoms with Gasteiger partial charge in [-0.15, -0.1) is 0 Å². The minimum absolute atomic E-state index is 0.619. The van der Waals surface area contributed by atoms with Crippen molar-refractivity contribution in [1.82, 2.24) is 15.1 Å². The van der Waals surface area contributed by atoms with E-state index in [1.807, 2.05) is 0 Å². The normalized spacial score (nSPS) is 15.9. The maximum absolute atomic E-state index is 5.87. The fourth-order valence-corrected chi connectivity index (χ4v) is 1.94. The van der Waals surface area contributed by atoms with Gasteiger partial charge in [-0.1, -0.05) is 13.8 Å². The monoisotopic (exact) mass is 194 g/mol. The van der Waals surface area contributed by atoms with Crippen LogP contribution in [0, 0.1) is 5.92 Å². The number of anilines is 1. The van der Waals surface area contributed by atoms with E-state index in [2.05, 4.69) is 28.9 Å². The van der Waals surface area contributed by atoms with Crippen LogP contribution in [0.5, 0.6) is 0 Å². The second-order valence-electron chi connectivity index (χ2n) is 4.31. The molecule has 0 saturated carbocycles. The van der Waals surface area contributed by atoms with Gasteiger partial charge in [0, 0.05) is 37.3 Å². The Morgan fingerprint density at radius 2 is 2.36 bits per heavy atom. The average molecular weight is 194 g/mol. The fourth-order valence-electron chi connectivity index (χ4n) is 1.94. The van der Waals surface area contributed by atoms with Gasteiger partial charge in [-0.25, -0.2) is 0 Å². The lowest BCUT2D eigenvalue weighted by Gasteiger charge is -2.16. The molecule has 0 radical (unpaired) electrons. The zero-order chi connectivity index (χ0) is 10.1. The van der Waals surface area contributed by atoms with Gasteiger partial charge < -0.3 is 11.1 Å². The van der Waals surface area contributed by atoms with Gasteiger partial charge in [0.15, 0.2) is 0 Å². The molecule has 0 aromatic carbocycles. The molecule has 0 atom stereocenters. The third kappa shape index (κ3) is 1.62. The Morgan fingerprint density at radius 3 is 3.07 bits per heavy atom. The number of nitrogens with zero attached hydrogens (tertiary/aromatic N) is 2. The van der Waals surface area contributed by atoms with E-state index >= 15 is 0 Å². The highest BCUT2D eigenvalue weighted by Gasteiger charge is 2.18. The molecule has 0 amide bonds. The molecular weight excluding hydrogens is 176 g/mol. The van der Waals surface area contributed by atoms with Crippen molar-refractivity contribution < 1.29 is 0 Å². The zero-order valence-corrected chi connectivity index (χ0v) is 8.88. The fraction of sp³-hybridized carbons (Fsp3) is 0.700. The molecule has 1 aliphatic heterocycles. The molecule has 3 N–H and O–H groups in total. The summed E-state index contributed by atoms with van der Waals surface area (Å²) >= 11 is 0. The van der Waals surface area contributed by atoms with Gasteiger partial charge in [0.05, 0.1) is 0 Å². The van der Waals surface area contributed by atoms with Crippen molar-refractivity contribution in [3.8, 4) is 0 Å². The van der Waals surface area contributed by atoms with E-state index < -0.39 is 0 Å². The third-order valence-electron chi connectivity index (χ3n) is 2.58. The molecule has 0 spiro atoms. The lowest BCUT2D eigenvalue weighted by molar-refractivity contribution is 0.461. The van der Waals surface area contributed by atoms with E-state index in [1.165, 1.54) is 11.3 Å². The largest absolute Gasteiger partial charge is 0.382 e. The molecule has 2 rings (SSSR count). The summed E-state index contributed by atoms with van der Waals surface area (Å²) in [6, 6.07) is 0. The van der Waals surface area contributed by atoms with Crippen molar-refractivity contribution in [1.29, 1.82) is 0 Å². The molecule has 0 aliphatic carbocycles. The standard InChI is InChI=1S/C10H18N4/c1-7(2)6-14-9-3-4-12-5-8(9)10(11)13-14/h7,12H,3-6H2,1-2H3,(H2,11,13). The minimum Gasteiger partial charge on any atom is -0.382 e. The number of rotatable bonds is 2. The summed E-state index contributed by atoms with van der Waals surface area (Å²) in [6.45, 7) is 7.28. The van der Waals surface area contributed by atoms with Gasteiger partial charge in [0.1, 0.15) is 5.82 Å². The molecule has 1 aliphatic rings. The lowest BCUT2D eigenvalue weighted by atomic mass is 10.1. The summed E-state index contributed by atoms with van der Waals surface area (Å²) < 4.78 is 2.08. The van der Waals surface area contributed by atoms with Crippen LogP contribution >= 0.6 is 0 Å². The van der Waals surface area contributed by atoms with E-state index in [9.17, 15) is 0 Å². The average Bonchev–Trinajstić information content (AvgIpc) is 2.44. The molecule has 0 bridgehead atoms. The van der Waals surface area contributed by atoms with E-state index in [0.717, 1.165) is 26.1 Å². The Morgan fingerprint density at radius 1 is 1.57 bits per heavy atom. The van der Waals surface area contributed by atoms with Crippen LogP contribution in [0.2, 0.25) is 0 Å². The lowest BCUT2D eigenvalue weighted by Crippen LogP contribution is -2.25. The van der Waals surface area contributed by atoms with Crippen molar-refractivity contribution in [2.45, 2.75) is 33.4 Å². The number of nitrogens with one attached hydrogen (secondary N) is 1. The highest BCUT2D eigenvalue weighted by atomic mass is 15.3. The van der Waals surface area contributed by atoms with Crippen molar-refractivity contribution in [3.63, 3.8) is 0 Å². The second kappa shape index (κ2) is 3.61. The first-order valence-corrected chi connectivity index (χ1v) is 5.23. The molecule has 4 heteroatoms. The predicted molar refractivity (Wildman–Crippen MR) is 56.9 cm³/mol. The van der Waals surface area contributed by atoms with E-state index in [1.54, 1.807) is 0 Å². The third-order valence-corrected chi connectivity index (χ3v) is 2.58. The van der Waals surface area contributed by atoms with Gasteiger partial charge in [0.25, 0.3) is 0 Å². The molecule has 0 unspecified atom stereocenters. The van der Waals surface area contributed by atoms with Crippen LogP contribution in [0.15, 0.2) is 0 Å². The highest BCUT2D eigenvalue weighted by Crippen LogP contribution is 2.20. The van der Waals surface area contributed by atoms with Crippen LogP contribution in [0.25, 0.3) is 0 Å². The van der Waals surface area contributed by atoms with Crippen LogP contribution in [-0.2, 0) is 19.5 Å². The van der Waals surface area contributed by atoms with E-state index in [-0.39, 0.29) is 0 Å². The van der Waals surface area contributed by atoms with Gasteiger partial charge in [-0.3, -0.25) is 4.68 Å². The number of hydrogen-bond donors (Lipinski definition) is 2. The predicted octanol–water partition coefficient (Wildman–Crippen LogP) is 0.767. The Balaban J connectivity index is 2.31. The Kier molecular flexibility index (Phi) is 2.46. The van der Waals surface area contributed by atoms with Gasteiger partial charge >= 0.3 is 0 Å². The number of nitrogens with two attached hydrogens (primary N) is 1. The second-order valence-corrected chi connectivity index (χ2v) is 4.31. The van der Waals surface area contributed by atoms with Gasteiger partial charge in [0.2, 0.25) is 0 Å². The first kappa shape index (κ1) is 9.52. The summed E-state index contributed by atoms with van der Waals surface area (Å²) in [7, 11) is 0. The Labute approximate surface area is 84.5 Å². The Hall–Kier alpha value is -1.03. The van der Waals surface area contributed by atoms with Crippen molar-refractivity contribution in [3.05, 3.63) is 11.3 Å². The molecule has 0 saturated heterocycles. The van der Waals surface area contributed by atoms with Crippen LogP contribution < -0.4 is 11.1 Å². The van der Waals surface area contributed by atoms with Gasteiger partial charge in [-0.2, -0.15) is 5.10 Å². The molecule has 1 aromatic rings. The molecular formula is C10H18N4. The quantitative estimate of drug-likeness (QED) is 0.731. The van der Waals surface area contributed by atoms with E-state index in [0.29, 0.717) is 11.7 Å². The minimum atomic E-state index is 0.619. The molecule has 4 nitrogen and oxygen atoms in total. The summed E-state index contributed by atoms with van der Waals surface area (Å²) in [5, 5.41) is 7.70. The highest BCUT2D eigenvalue weighted by molar-refractivity contribution is 5.43. The van der Waals surface area contributed by atoms with Crippen LogP contribution in [0.3, 0.4) is 0 Å². The van der Waals surface area contributed by atoms with Crippen LogP contribution in [0.1, 0.15) is 25.1 Å². The number of nitrogen functional groups attached to an aromatic ring is 1. The summed E-state index contributed by atoms with van der Waals surface area (Å²) in [5.41, 5.74) is 8.40. The summed E-state index contributed by atoms with van der Waals surface area (Å²) in [4.78, 5) is 0. The smallest absolute Gasteiger partial charge is 0.150 e. The van der Waals surface area contributed by atoms with Gasteiger partial charge in [-0.05, 0) is 5.92 Å². The maximum atomic E-state index is 5.87. The van der Waals surface area contributed by atoms with E-state index in [4.69, 9.17) is 5.73 Å². The molecule has 78 valence electrons. The van der Waals surface area contributed by atoms with Crippen LogP contribution in [-0.4, -0.2) is 16.3 Å². The first-order chi connectivity index (χ1) is 6.68. The maximum Gasteiger partial charge on any atom is 0.150 e. The number of hydrogen-bond acceptors (Lipinski definition) is 3. The Bertz CT molecular complexity index is 327. The molecule has 0 fully saturated rings. The topological polar surface area (TPSA) is 55.9 Å². The van der Waals surface area contributed by atoms with Crippen molar-refractivity contribution >= 4 is 5.82 Å². The van der Waals surface area contributed by atoms with Crippen molar-refractivity contribution in [2.24, 2.45) is 5.92 Å². The first-order valence-electron chi connectivity index (χ1n) is 5.23.